The van der Waals surface area contributed by atoms with Gasteiger partial charge in [-0.05, 0) is 30.7 Å². The predicted molar refractivity (Wildman–Crippen MR) is 67.3 cm³/mol. The lowest BCUT2D eigenvalue weighted by Crippen LogP contribution is -2.09. The molecule has 1 N–H and O–H groups in total. The summed E-state index contributed by atoms with van der Waals surface area (Å²) in [6, 6.07) is 8.82. The summed E-state index contributed by atoms with van der Waals surface area (Å²) in [5.41, 5.74) is 0.977. The van der Waals surface area contributed by atoms with Crippen molar-refractivity contribution in [1.82, 2.24) is 4.98 Å². The normalized spacial score (nSPS) is 11.7. The van der Waals surface area contributed by atoms with Crippen LogP contribution in [0, 0.1) is 23.0 Å². The third kappa shape index (κ3) is 3.05. The van der Waals surface area contributed by atoms with E-state index < -0.39 is 5.82 Å². The van der Waals surface area contributed by atoms with Gasteiger partial charge in [0.15, 0.2) is 0 Å². The minimum absolute atomic E-state index is 0.133. The smallest absolute Gasteiger partial charge is 0.144 e. The van der Waals surface area contributed by atoms with Crippen LogP contribution in [0.2, 0.25) is 0 Å². The molecule has 0 aliphatic rings. The van der Waals surface area contributed by atoms with Gasteiger partial charge in [-0.25, -0.2) is 13.8 Å². The first kappa shape index (κ1) is 13.0. The van der Waals surface area contributed by atoms with Crippen molar-refractivity contribution in [2.75, 3.05) is 5.32 Å². The fourth-order valence-corrected chi connectivity index (χ4v) is 1.68. The largest absolute Gasteiger partial charge is 0.362 e. The summed E-state index contributed by atoms with van der Waals surface area (Å²) in [6.45, 7) is 1.85. The molecule has 0 spiro atoms. The van der Waals surface area contributed by atoms with Crippen molar-refractivity contribution in [1.29, 1.82) is 5.26 Å². The molecular formula is C14H11F2N3. The molecule has 0 bridgehead atoms. The zero-order valence-corrected chi connectivity index (χ0v) is 10.2. The molecule has 0 aliphatic heterocycles. The Kier molecular flexibility index (Phi) is 3.71. The lowest BCUT2D eigenvalue weighted by Gasteiger charge is -2.15. The first-order valence-corrected chi connectivity index (χ1v) is 5.68. The Morgan fingerprint density at radius 2 is 1.89 bits per heavy atom. The van der Waals surface area contributed by atoms with Gasteiger partial charge >= 0.3 is 0 Å². The van der Waals surface area contributed by atoms with Crippen LogP contribution in [0.3, 0.4) is 0 Å². The number of halogens is 2. The predicted octanol–water partition coefficient (Wildman–Crippen LogP) is 3.40. The minimum Gasteiger partial charge on any atom is -0.362 e. The number of rotatable bonds is 3. The fraction of sp³-hybridized carbons (Fsp3) is 0.143. The highest BCUT2D eigenvalue weighted by Gasteiger charge is 2.10. The summed E-state index contributed by atoms with van der Waals surface area (Å²) in [6.07, 6.45) is 1.04. The van der Waals surface area contributed by atoms with Gasteiger partial charge in [0.05, 0.1) is 11.8 Å². The van der Waals surface area contributed by atoms with E-state index in [1.165, 1.54) is 12.1 Å². The topological polar surface area (TPSA) is 48.7 Å². The van der Waals surface area contributed by atoms with Crippen LogP contribution in [0.5, 0.6) is 0 Å². The maximum Gasteiger partial charge on any atom is 0.144 e. The molecule has 0 radical (unpaired) electrons. The van der Waals surface area contributed by atoms with Gasteiger partial charge in [-0.1, -0.05) is 12.1 Å². The van der Waals surface area contributed by atoms with Crippen LogP contribution in [-0.4, -0.2) is 4.98 Å². The van der Waals surface area contributed by atoms with E-state index in [1.54, 1.807) is 12.1 Å². The van der Waals surface area contributed by atoms with E-state index in [1.807, 2.05) is 13.0 Å². The quantitative estimate of drug-likeness (QED) is 0.918. The summed E-state index contributed by atoms with van der Waals surface area (Å²) in [7, 11) is 0. The molecule has 3 nitrogen and oxygen atoms in total. The average Bonchev–Trinajstić information content (AvgIpc) is 2.41. The van der Waals surface area contributed by atoms with Gasteiger partial charge in [0.25, 0.3) is 0 Å². The van der Waals surface area contributed by atoms with Crippen LogP contribution < -0.4 is 5.32 Å². The molecule has 0 aliphatic carbocycles. The van der Waals surface area contributed by atoms with Crippen LogP contribution in [0.1, 0.15) is 24.1 Å². The van der Waals surface area contributed by atoms with Gasteiger partial charge < -0.3 is 5.32 Å². The summed E-state index contributed by atoms with van der Waals surface area (Å²) in [4.78, 5) is 3.85. The fourth-order valence-electron chi connectivity index (χ4n) is 1.68. The van der Waals surface area contributed by atoms with Crippen molar-refractivity contribution in [3.63, 3.8) is 0 Å². The second kappa shape index (κ2) is 5.44. The number of nitrogens with one attached hydrogen (secondary N) is 1. The van der Waals surface area contributed by atoms with Crippen LogP contribution in [-0.2, 0) is 0 Å². The summed E-state index contributed by atoms with van der Waals surface area (Å²) < 4.78 is 25.8. The summed E-state index contributed by atoms with van der Waals surface area (Å²) in [5, 5.41) is 11.9. The number of anilines is 1. The third-order valence-electron chi connectivity index (χ3n) is 2.70. The van der Waals surface area contributed by atoms with Crippen molar-refractivity contribution in [3.05, 3.63) is 59.3 Å². The SMILES string of the molecule is CC(Nc1ncc(F)cc1C#N)c1ccc(F)cc1. The van der Waals surface area contributed by atoms with Gasteiger partial charge in [0, 0.05) is 6.04 Å². The minimum atomic E-state index is -0.559. The number of hydrogen-bond acceptors (Lipinski definition) is 3. The molecule has 1 unspecified atom stereocenters. The van der Waals surface area contributed by atoms with Crippen LogP contribution in [0.25, 0.3) is 0 Å². The van der Waals surface area contributed by atoms with E-state index in [4.69, 9.17) is 5.26 Å². The Bertz CT molecular complexity index is 618. The van der Waals surface area contributed by atoms with E-state index in [-0.39, 0.29) is 17.4 Å². The van der Waals surface area contributed by atoms with Gasteiger partial charge in [-0.3, -0.25) is 0 Å². The number of nitrogens with zero attached hydrogens (tertiary/aromatic N) is 2. The van der Waals surface area contributed by atoms with E-state index in [2.05, 4.69) is 10.3 Å². The van der Waals surface area contributed by atoms with E-state index in [0.717, 1.165) is 17.8 Å². The Labute approximate surface area is 109 Å². The first-order valence-electron chi connectivity index (χ1n) is 5.68. The standard InChI is InChI=1S/C14H11F2N3/c1-9(10-2-4-12(15)5-3-10)19-14-11(7-17)6-13(16)8-18-14/h2-6,8-9H,1H3,(H,18,19). The van der Waals surface area contributed by atoms with Crippen molar-refractivity contribution >= 4 is 5.82 Å². The summed E-state index contributed by atoms with van der Waals surface area (Å²) in [5.74, 6) is -0.564. The van der Waals surface area contributed by atoms with Gasteiger partial charge in [-0.15, -0.1) is 0 Å². The molecule has 0 amide bonds. The molecule has 96 valence electrons. The van der Waals surface area contributed by atoms with Gasteiger partial charge in [0.1, 0.15) is 23.5 Å². The number of nitriles is 1. The van der Waals surface area contributed by atoms with Crippen molar-refractivity contribution in [3.8, 4) is 6.07 Å². The maximum atomic E-state index is 13.0. The lowest BCUT2D eigenvalue weighted by molar-refractivity contribution is 0.620. The maximum absolute atomic E-state index is 13.0. The van der Waals surface area contributed by atoms with E-state index in [9.17, 15) is 8.78 Å². The molecule has 1 heterocycles. The Balaban J connectivity index is 2.21. The lowest BCUT2D eigenvalue weighted by atomic mass is 10.1. The van der Waals surface area contributed by atoms with Crippen LogP contribution in [0.15, 0.2) is 36.5 Å². The van der Waals surface area contributed by atoms with Crippen molar-refractivity contribution < 1.29 is 8.78 Å². The second-order valence-corrected chi connectivity index (χ2v) is 4.08. The van der Waals surface area contributed by atoms with E-state index >= 15 is 0 Å². The van der Waals surface area contributed by atoms with Crippen LogP contribution in [0.4, 0.5) is 14.6 Å². The highest BCUT2D eigenvalue weighted by Crippen LogP contribution is 2.20. The van der Waals surface area contributed by atoms with Crippen molar-refractivity contribution in [2.24, 2.45) is 0 Å². The zero-order valence-electron chi connectivity index (χ0n) is 10.2. The summed E-state index contributed by atoms with van der Waals surface area (Å²) >= 11 is 0. The molecule has 1 atom stereocenters. The van der Waals surface area contributed by atoms with Gasteiger partial charge in [-0.2, -0.15) is 5.26 Å². The molecule has 5 heteroatoms. The Morgan fingerprint density at radius 3 is 2.53 bits per heavy atom. The Hall–Kier alpha value is -2.48. The monoisotopic (exact) mass is 259 g/mol. The highest BCUT2D eigenvalue weighted by molar-refractivity contribution is 5.52. The number of hydrogen-bond donors (Lipinski definition) is 1. The number of pyridine rings is 1. The molecular weight excluding hydrogens is 248 g/mol. The Morgan fingerprint density at radius 1 is 1.21 bits per heavy atom. The molecule has 0 saturated carbocycles. The van der Waals surface area contributed by atoms with Crippen LogP contribution >= 0.6 is 0 Å². The molecule has 2 rings (SSSR count). The number of aromatic nitrogens is 1. The van der Waals surface area contributed by atoms with Gasteiger partial charge in [0.2, 0.25) is 0 Å². The third-order valence-corrected chi connectivity index (χ3v) is 2.70. The molecule has 1 aromatic carbocycles. The zero-order chi connectivity index (χ0) is 13.8. The average molecular weight is 259 g/mol. The molecule has 1 aromatic heterocycles. The van der Waals surface area contributed by atoms with Crippen molar-refractivity contribution in [2.45, 2.75) is 13.0 Å². The molecule has 0 saturated heterocycles. The first-order chi connectivity index (χ1) is 9.10. The van der Waals surface area contributed by atoms with E-state index in [0.29, 0.717) is 5.82 Å². The molecule has 19 heavy (non-hydrogen) atoms. The number of benzene rings is 1. The molecule has 0 fully saturated rings. The molecule has 2 aromatic rings. The second-order valence-electron chi connectivity index (χ2n) is 4.08. The highest BCUT2D eigenvalue weighted by atomic mass is 19.1.